The Kier molecular flexibility index (Phi) is 5.06. The van der Waals surface area contributed by atoms with E-state index >= 15 is 0 Å². The summed E-state index contributed by atoms with van der Waals surface area (Å²) in [5, 5.41) is 2.07. The van der Waals surface area contributed by atoms with Crippen LogP contribution in [0.4, 0.5) is 0 Å². The Morgan fingerprint density at radius 3 is 3.08 bits per heavy atom. The average Bonchev–Trinajstić information content (AvgIpc) is 2.90. The molecule has 2 heterocycles. The van der Waals surface area contributed by atoms with Crippen LogP contribution in [0, 0.1) is 0 Å². The number of rotatable bonds is 4. The maximum absolute atomic E-state index is 12.2. The van der Waals surface area contributed by atoms with E-state index in [0.29, 0.717) is 22.4 Å². The molecule has 1 aliphatic rings. The van der Waals surface area contributed by atoms with Gasteiger partial charge >= 0.3 is 5.97 Å². The van der Waals surface area contributed by atoms with Gasteiger partial charge in [-0.1, -0.05) is 35.5 Å². The third-order valence-corrected chi connectivity index (χ3v) is 4.96. The van der Waals surface area contributed by atoms with E-state index in [4.69, 9.17) is 16.3 Å². The van der Waals surface area contributed by atoms with Crippen molar-refractivity contribution in [1.29, 1.82) is 0 Å². The van der Waals surface area contributed by atoms with Crippen molar-refractivity contribution in [3.8, 4) is 0 Å². The number of esters is 1. The van der Waals surface area contributed by atoms with Crippen LogP contribution in [0.25, 0.3) is 10.9 Å². The lowest BCUT2D eigenvalue weighted by molar-refractivity contribution is -0.137. The standard InChI is InChI=1S/C17H15ClN2O3S/c1-2-23-16(22)8-15-20(14(21)10-24-15)9-12-13(18)6-5-11-4-3-7-19-17(11)12/h3-8H,2,9-10H2,1H3. The minimum atomic E-state index is -0.457. The zero-order valence-electron chi connectivity index (χ0n) is 13.0. The lowest BCUT2D eigenvalue weighted by atomic mass is 10.1. The number of amides is 1. The topological polar surface area (TPSA) is 59.5 Å². The number of benzene rings is 1. The molecule has 0 saturated carbocycles. The van der Waals surface area contributed by atoms with E-state index in [1.54, 1.807) is 24.1 Å². The Bertz CT molecular complexity index is 838. The Morgan fingerprint density at radius 2 is 2.29 bits per heavy atom. The maximum atomic E-state index is 12.2. The van der Waals surface area contributed by atoms with Crippen LogP contribution in [0.1, 0.15) is 12.5 Å². The van der Waals surface area contributed by atoms with Crippen LogP contribution >= 0.6 is 23.4 Å². The number of hydrogen-bond donors (Lipinski definition) is 0. The summed E-state index contributed by atoms with van der Waals surface area (Å²) in [6.07, 6.45) is 3.05. The van der Waals surface area contributed by atoms with E-state index in [1.807, 2.05) is 18.2 Å². The highest BCUT2D eigenvalue weighted by molar-refractivity contribution is 8.04. The molecule has 1 aromatic heterocycles. The van der Waals surface area contributed by atoms with Gasteiger partial charge in [-0.25, -0.2) is 4.79 Å². The van der Waals surface area contributed by atoms with Gasteiger partial charge in [0.2, 0.25) is 5.91 Å². The molecule has 1 fully saturated rings. The summed E-state index contributed by atoms with van der Waals surface area (Å²) in [4.78, 5) is 29.9. The van der Waals surface area contributed by atoms with Crippen molar-refractivity contribution in [1.82, 2.24) is 9.88 Å². The predicted octanol–water partition coefficient (Wildman–Crippen LogP) is 3.37. The number of halogens is 1. The van der Waals surface area contributed by atoms with Crippen molar-refractivity contribution < 1.29 is 14.3 Å². The third-order valence-electron chi connectivity index (χ3n) is 3.58. The molecule has 0 atom stereocenters. The zero-order chi connectivity index (χ0) is 17.1. The molecule has 7 heteroatoms. The molecule has 0 radical (unpaired) electrons. The molecule has 1 aliphatic heterocycles. The van der Waals surface area contributed by atoms with Crippen LogP contribution in [-0.2, 0) is 20.9 Å². The summed E-state index contributed by atoms with van der Waals surface area (Å²) in [6, 6.07) is 7.48. The Labute approximate surface area is 148 Å². The van der Waals surface area contributed by atoms with E-state index in [9.17, 15) is 9.59 Å². The predicted molar refractivity (Wildman–Crippen MR) is 94.5 cm³/mol. The van der Waals surface area contributed by atoms with Crippen molar-refractivity contribution in [2.24, 2.45) is 0 Å². The van der Waals surface area contributed by atoms with Gasteiger partial charge in [0.1, 0.15) is 0 Å². The SMILES string of the molecule is CCOC(=O)C=C1SCC(=O)N1Cc1c(Cl)ccc2cccnc12. The lowest BCUT2D eigenvalue weighted by Gasteiger charge is -2.19. The molecule has 3 rings (SSSR count). The van der Waals surface area contributed by atoms with Crippen LogP contribution in [0.5, 0.6) is 0 Å². The number of aromatic nitrogens is 1. The highest BCUT2D eigenvalue weighted by Gasteiger charge is 2.28. The molecule has 0 spiro atoms. The first-order chi connectivity index (χ1) is 11.6. The average molecular weight is 363 g/mol. The van der Waals surface area contributed by atoms with Crippen molar-refractivity contribution >= 4 is 46.1 Å². The minimum absolute atomic E-state index is 0.0699. The monoisotopic (exact) mass is 362 g/mol. The van der Waals surface area contributed by atoms with Gasteiger partial charge < -0.3 is 9.64 Å². The number of carbonyl (C=O) groups is 2. The molecular weight excluding hydrogens is 348 g/mol. The molecule has 1 aromatic carbocycles. The summed E-state index contributed by atoms with van der Waals surface area (Å²) in [6.45, 7) is 2.30. The van der Waals surface area contributed by atoms with E-state index < -0.39 is 5.97 Å². The largest absolute Gasteiger partial charge is 0.463 e. The summed E-state index contributed by atoms with van der Waals surface area (Å²) >= 11 is 7.65. The summed E-state index contributed by atoms with van der Waals surface area (Å²) in [7, 11) is 0. The quantitative estimate of drug-likeness (QED) is 0.616. The van der Waals surface area contributed by atoms with Gasteiger partial charge in [0.15, 0.2) is 0 Å². The molecule has 1 amide bonds. The van der Waals surface area contributed by atoms with Crippen molar-refractivity contribution in [3.63, 3.8) is 0 Å². The molecule has 1 saturated heterocycles. The van der Waals surface area contributed by atoms with Gasteiger partial charge in [-0.3, -0.25) is 9.78 Å². The fraction of sp³-hybridized carbons (Fsp3) is 0.235. The third kappa shape index (κ3) is 3.39. The number of ether oxygens (including phenoxy) is 1. The maximum Gasteiger partial charge on any atom is 0.333 e. The number of thioether (sulfide) groups is 1. The minimum Gasteiger partial charge on any atom is -0.463 e. The number of pyridine rings is 1. The second-order valence-electron chi connectivity index (χ2n) is 5.10. The van der Waals surface area contributed by atoms with Gasteiger partial charge in [0.05, 0.1) is 35.5 Å². The van der Waals surface area contributed by atoms with Crippen LogP contribution in [0.15, 0.2) is 41.6 Å². The van der Waals surface area contributed by atoms with E-state index in [1.165, 1.54) is 17.8 Å². The van der Waals surface area contributed by atoms with E-state index in [2.05, 4.69) is 4.98 Å². The molecule has 0 bridgehead atoms. The highest BCUT2D eigenvalue weighted by Crippen LogP contribution is 2.33. The highest BCUT2D eigenvalue weighted by atomic mass is 35.5. The van der Waals surface area contributed by atoms with Crippen LogP contribution < -0.4 is 0 Å². The second kappa shape index (κ2) is 7.23. The second-order valence-corrected chi connectivity index (χ2v) is 6.51. The molecule has 2 aromatic rings. The van der Waals surface area contributed by atoms with Crippen molar-refractivity contribution in [3.05, 3.63) is 52.2 Å². The van der Waals surface area contributed by atoms with Crippen LogP contribution in [-0.4, -0.2) is 34.1 Å². The van der Waals surface area contributed by atoms with Crippen molar-refractivity contribution in [2.75, 3.05) is 12.4 Å². The first kappa shape index (κ1) is 16.8. The smallest absolute Gasteiger partial charge is 0.333 e. The Balaban J connectivity index is 1.96. The number of hydrogen-bond acceptors (Lipinski definition) is 5. The van der Waals surface area contributed by atoms with Crippen LogP contribution in [0.3, 0.4) is 0 Å². The molecule has 5 nitrogen and oxygen atoms in total. The Hall–Kier alpha value is -2.05. The summed E-state index contributed by atoms with van der Waals surface area (Å²) in [5.41, 5.74) is 1.52. The van der Waals surface area contributed by atoms with Crippen LogP contribution in [0.2, 0.25) is 5.02 Å². The molecule has 0 unspecified atom stereocenters. The number of fused-ring (bicyclic) bond motifs is 1. The normalized spacial score (nSPS) is 16.2. The fourth-order valence-electron chi connectivity index (χ4n) is 2.47. The van der Waals surface area contributed by atoms with Gasteiger partial charge in [0, 0.05) is 22.2 Å². The fourth-order valence-corrected chi connectivity index (χ4v) is 3.62. The van der Waals surface area contributed by atoms with Crippen molar-refractivity contribution in [2.45, 2.75) is 13.5 Å². The van der Waals surface area contributed by atoms with Gasteiger partial charge in [-0.05, 0) is 19.1 Å². The molecule has 0 aliphatic carbocycles. The van der Waals surface area contributed by atoms with Gasteiger partial charge in [-0.15, -0.1) is 0 Å². The summed E-state index contributed by atoms with van der Waals surface area (Å²) < 4.78 is 4.93. The molecular formula is C17H15ClN2O3S. The molecule has 24 heavy (non-hydrogen) atoms. The number of carbonyl (C=O) groups excluding carboxylic acids is 2. The van der Waals surface area contributed by atoms with E-state index in [0.717, 1.165) is 16.5 Å². The molecule has 124 valence electrons. The summed E-state index contributed by atoms with van der Waals surface area (Å²) in [5.74, 6) is -0.234. The molecule has 0 N–H and O–H groups in total. The lowest BCUT2D eigenvalue weighted by Crippen LogP contribution is -2.25. The van der Waals surface area contributed by atoms with E-state index in [-0.39, 0.29) is 12.5 Å². The zero-order valence-corrected chi connectivity index (χ0v) is 14.6. The van der Waals surface area contributed by atoms with Gasteiger partial charge in [0.25, 0.3) is 0 Å². The Morgan fingerprint density at radius 1 is 1.46 bits per heavy atom. The first-order valence-electron chi connectivity index (χ1n) is 7.44. The number of nitrogens with zero attached hydrogens (tertiary/aromatic N) is 2. The van der Waals surface area contributed by atoms with Gasteiger partial charge in [-0.2, -0.15) is 0 Å². The first-order valence-corrected chi connectivity index (χ1v) is 8.80.